The summed E-state index contributed by atoms with van der Waals surface area (Å²) in [6.07, 6.45) is 4.94. The highest BCUT2D eigenvalue weighted by molar-refractivity contribution is 7.98. The van der Waals surface area contributed by atoms with Crippen LogP contribution in [0.3, 0.4) is 0 Å². The molecule has 3 nitrogen and oxygen atoms in total. The number of benzene rings is 1. The van der Waals surface area contributed by atoms with Crippen LogP contribution in [0.1, 0.15) is 18.9 Å². The van der Waals surface area contributed by atoms with Gasteiger partial charge in [-0.1, -0.05) is 18.5 Å². The zero-order chi connectivity index (χ0) is 15.1. The summed E-state index contributed by atoms with van der Waals surface area (Å²) in [6, 6.07) is 9.75. The molecule has 0 aliphatic rings. The maximum Gasteiger partial charge on any atom is 0.238 e. The molecule has 1 heterocycles. The Labute approximate surface area is 135 Å². The number of nitrogens with zero attached hydrogens (tertiary/aromatic N) is 1. The topological polar surface area (TPSA) is 34.2 Å². The van der Waals surface area contributed by atoms with Gasteiger partial charge < -0.3 is 10.1 Å². The van der Waals surface area contributed by atoms with E-state index in [0.29, 0.717) is 10.9 Å². The summed E-state index contributed by atoms with van der Waals surface area (Å²) >= 11 is 7.93. The van der Waals surface area contributed by atoms with Gasteiger partial charge in [0.05, 0.1) is 0 Å². The first kappa shape index (κ1) is 16.1. The van der Waals surface area contributed by atoms with Gasteiger partial charge in [0.1, 0.15) is 10.8 Å². The zero-order valence-electron chi connectivity index (χ0n) is 12.2. The maximum atomic E-state index is 6.23. The van der Waals surface area contributed by atoms with Crippen LogP contribution in [0.4, 0.5) is 0 Å². The molecule has 2 rings (SSSR count). The van der Waals surface area contributed by atoms with Crippen molar-refractivity contribution in [3.05, 3.63) is 47.1 Å². The summed E-state index contributed by atoms with van der Waals surface area (Å²) in [5.74, 6) is 1.17. The fourth-order valence-corrected chi connectivity index (χ4v) is 2.44. The molecule has 0 aliphatic carbocycles. The van der Waals surface area contributed by atoms with Gasteiger partial charge in [0.15, 0.2) is 0 Å². The third-order valence-corrected chi connectivity index (χ3v) is 3.91. The van der Waals surface area contributed by atoms with Gasteiger partial charge in [-0.15, -0.1) is 11.8 Å². The lowest BCUT2D eigenvalue weighted by Crippen LogP contribution is -2.13. The molecule has 0 spiro atoms. The van der Waals surface area contributed by atoms with Crippen LogP contribution in [0.2, 0.25) is 5.02 Å². The van der Waals surface area contributed by atoms with Crippen molar-refractivity contribution < 1.29 is 4.74 Å². The van der Waals surface area contributed by atoms with Gasteiger partial charge in [0.25, 0.3) is 0 Å². The number of thioether (sulfide) groups is 1. The molecular formula is C16H19ClN2OS. The van der Waals surface area contributed by atoms with Crippen LogP contribution in [0, 0.1) is 0 Å². The molecule has 1 aromatic carbocycles. The van der Waals surface area contributed by atoms with Crippen LogP contribution in [0.25, 0.3) is 0 Å². The van der Waals surface area contributed by atoms with Crippen molar-refractivity contribution in [1.29, 1.82) is 0 Å². The van der Waals surface area contributed by atoms with Gasteiger partial charge >= 0.3 is 0 Å². The van der Waals surface area contributed by atoms with Crippen molar-refractivity contribution in [2.24, 2.45) is 0 Å². The Morgan fingerprint density at radius 3 is 2.67 bits per heavy atom. The molecule has 0 fully saturated rings. The van der Waals surface area contributed by atoms with Gasteiger partial charge in [0, 0.05) is 17.6 Å². The number of aromatic nitrogens is 1. The third kappa shape index (κ3) is 4.92. The van der Waals surface area contributed by atoms with Gasteiger partial charge in [-0.2, -0.15) is 0 Å². The van der Waals surface area contributed by atoms with E-state index in [-0.39, 0.29) is 0 Å². The summed E-state index contributed by atoms with van der Waals surface area (Å²) < 4.78 is 5.72. The Morgan fingerprint density at radius 2 is 2.05 bits per heavy atom. The zero-order valence-corrected chi connectivity index (χ0v) is 13.8. The average Bonchev–Trinajstić information content (AvgIpc) is 2.51. The van der Waals surface area contributed by atoms with Crippen molar-refractivity contribution in [3.63, 3.8) is 0 Å². The summed E-state index contributed by atoms with van der Waals surface area (Å²) in [5.41, 5.74) is 1.05. The van der Waals surface area contributed by atoms with E-state index in [0.717, 1.165) is 30.8 Å². The molecule has 0 saturated carbocycles. The van der Waals surface area contributed by atoms with E-state index in [1.165, 1.54) is 4.90 Å². The average molecular weight is 323 g/mol. The van der Waals surface area contributed by atoms with Crippen molar-refractivity contribution in [2.45, 2.75) is 24.8 Å². The van der Waals surface area contributed by atoms with Crippen LogP contribution < -0.4 is 10.1 Å². The summed E-state index contributed by atoms with van der Waals surface area (Å²) in [4.78, 5) is 5.49. The Hall–Kier alpha value is -1.23. The van der Waals surface area contributed by atoms with Crippen LogP contribution >= 0.6 is 23.4 Å². The molecular weight excluding hydrogens is 304 g/mol. The molecule has 0 amide bonds. The summed E-state index contributed by atoms with van der Waals surface area (Å²) in [6.45, 7) is 3.89. The quantitative estimate of drug-likeness (QED) is 0.589. The lowest BCUT2D eigenvalue weighted by Gasteiger charge is -2.09. The second-order valence-electron chi connectivity index (χ2n) is 4.58. The molecule has 0 saturated heterocycles. The van der Waals surface area contributed by atoms with E-state index >= 15 is 0 Å². The molecule has 2 aromatic rings. The second-order valence-corrected chi connectivity index (χ2v) is 5.87. The number of halogens is 1. The normalized spacial score (nSPS) is 10.6. The van der Waals surface area contributed by atoms with E-state index in [9.17, 15) is 0 Å². The maximum absolute atomic E-state index is 6.23. The lowest BCUT2D eigenvalue weighted by molar-refractivity contribution is 0.462. The molecule has 5 heteroatoms. The largest absolute Gasteiger partial charge is 0.438 e. The molecule has 0 atom stereocenters. The van der Waals surface area contributed by atoms with Crippen LogP contribution in [-0.2, 0) is 6.54 Å². The SMILES string of the molecule is CCCNCc1cnc(Oc2ccc(SC)cc2)c(Cl)c1. The van der Waals surface area contributed by atoms with Crippen molar-refractivity contribution in [1.82, 2.24) is 10.3 Å². The van der Waals surface area contributed by atoms with Crippen molar-refractivity contribution >= 4 is 23.4 Å². The third-order valence-electron chi connectivity index (χ3n) is 2.89. The lowest BCUT2D eigenvalue weighted by atomic mass is 10.3. The summed E-state index contributed by atoms with van der Waals surface area (Å²) in [5, 5.41) is 3.85. The number of rotatable bonds is 7. The number of ether oxygens (including phenoxy) is 1. The Morgan fingerprint density at radius 1 is 1.29 bits per heavy atom. The van der Waals surface area contributed by atoms with E-state index in [2.05, 4.69) is 17.2 Å². The monoisotopic (exact) mass is 322 g/mol. The Balaban J connectivity index is 2.02. The first-order valence-corrected chi connectivity index (χ1v) is 8.50. The van der Waals surface area contributed by atoms with Gasteiger partial charge in [-0.05, 0) is 55.1 Å². The highest BCUT2D eigenvalue weighted by atomic mass is 35.5. The molecule has 1 N–H and O–H groups in total. The van der Waals surface area contributed by atoms with E-state index < -0.39 is 0 Å². The fraction of sp³-hybridized carbons (Fsp3) is 0.312. The molecule has 0 aliphatic heterocycles. The standard InChI is InChI=1S/C16H19ClN2OS/c1-3-8-18-10-12-9-15(17)16(19-11-12)20-13-4-6-14(21-2)7-5-13/h4-7,9,11,18H,3,8,10H2,1-2H3. The Bertz CT molecular complexity index is 575. The first-order valence-electron chi connectivity index (χ1n) is 6.90. The number of pyridine rings is 1. The predicted molar refractivity (Wildman–Crippen MR) is 89.5 cm³/mol. The fourth-order valence-electron chi connectivity index (χ4n) is 1.80. The molecule has 0 unspecified atom stereocenters. The van der Waals surface area contributed by atoms with E-state index in [4.69, 9.17) is 16.3 Å². The van der Waals surface area contributed by atoms with Gasteiger partial charge in [0.2, 0.25) is 5.88 Å². The molecule has 0 radical (unpaired) electrons. The molecule has 21 heavy (non-hydrogen) atoms. The van der Waals surface area contributed by atoms with Crippen molar-refractivity contribution in [2.75, 3.05) is 12.8 Å². The highest BCUT2D eigenvalue weighted by Gasteiger charge is 2.06. The van der Waals surface area contributed by atoms with Crippen molar-refractivity contribution in [3.8, 4) is 11.6 Å². The molecule has 112 valence electrons. The summed E-state index contributed by atoms with van der Waals surface area (Å²) in [7, 11) is 0. The van der Waals surface area contributed by atoms with Gasteiger partial charge in [-0.25, -0.2) is 4.98 Å². The van der Waals surface area contributed by atoms with Gasteiger partial charge in [-0.3, -0.25) is 0 Å². The predicted octanol–water partition coefficient (Wildman–Crippen LogP) is 4.75. The molecule has 0 bridgehead atoms. The minimum atomic E-state index is 0.438. The molecule has 1 aromatic heterocycles. The Kier molecular flexibility index (Phi) is 6.36. The number of nitrogens with one attached hydrogen (secondary N) is 1. The van der Waals surface area contributed by atoms with Crippen LogP contribution in [-0.4, -0.2) is 17.8 Å². The minimum absolute atomic E-state index is 0.438. The first-order chi connectivity index (χ1) is 10.2. The van der Waals surface area contributed by atoms with Crippen LogP contribution in [0.15, 0.2) is 41.4 Å². The van der Waals surface area contributed by atoms with Crippen LogP contribution in [0.5, 0.6) is 11.6 Å². The minimum Gasteiger partial charge on any atom is -0.438 e. The van der Waals surface area contributed by atoms with E-state index in [1.54, 1.807) is 18.0 Å². The number of hydrogen-bond donors (Lipinski definition) is 1. The van der Waals surface area contributed by atoms with E-state index in [1.807, 2.05) is 36.6 Å². The number of hydrogen-bond acceptors (Lipinski definition) is 4. The smallest absolute Gasteiger partial charge is 0.238 e. The highest BCUT2D eigenvalue weighted by Crippen LogP contribution is 2.28. The second kappa shape index (κ2) is 8.27.